The fraction of sp³-hybridized carbons (Fsp3) is 0.333. The van der Waals surface area contributed by atoms with Gasteiger partial charge >= 0.3 is 0 Å². The van der Waals surface area contributed by atoms with E-state index >= 15 is 0 Å². The summed E-state index contributed by atoms with van der Waals surface area (Å²) in [6, 6.07) is 21.5. The number of rotatable bonds is 9. The zero-order valence-corrected chi connectivity index (χ0v) is 15.9. The third-order valence-corrected chi connectivity index (χ3v) is 4.89. The summed E-state index contributed by atoms with van der Waals surface area (Å²) < 4.78 is 6.08. The first-order valence-electron chi connectivity index (χ1n) is 9.68. The molecule has 0 unspecified atom stereocenters. The Kier molecular flexibility index (Phi) is 6.68. The molecule has 26 heavy (non-hydrogen) atoms. The van der Waals surface area contributed by atoms with Gasteiger partial charge in [-0.1, -0.05) is 67.9 Å². The van der Waals surface area contributed by atoms with Crippen LogP contribution >= 0.6 is 0 Å². The number of ether oxygens (including phenoxy) is 1. The summed E-state index contributed by atoms with van der Waals surface area (Å²) >= 11 is 0. The number of fused-ring (bicyclic) bond motifs is 1. The van der Waals surface area contributed by atoms with E-state index in [1.54, 1.807) is 0 Å². The van der Waals surface area contributed by atoms with Crippen molar-refractivity contribution in [3.63, 3.8) is 0 Å². The molecule has 0 saturated carbocycles. The first-order valence-corrected chi connectivity index (χ1v) is 9.68. The van der Waals surface area contributed by atoms with E-state index in [9.17, 15) is 0 Å². The standard InChI is InChI=1S/C24H29NO/c1-3-4-17-26-24-14-13-21-11-7-8-12-22(21)23(24)18-25-16-15-20-10-6-5-9-19(20)2/h5-14,25H,3-4,15-18H2,1-2H3. The lowest BCUT2D eigenvalue weighted by molar-refractivity contribution is 0.306. The van der Waals surface area contributed by atoms with Gasteiger partial charge in [-0.05, 0) is 54.3 Å². The molecular weight excluding hydrogens is 318 g/mol. The van der Waals surface area contributed by atoms with Gasteiger partial charge < -0.3 is 10.1 Å². The fourth-order valence-corrected chi connectivity index (χ4v) is 3.29. The lowest BCUT2D eigenvalue weighted by Crippen LogP contribution is -2.18. The number of aryl methyl sites for hydroxylation is 1. The zero-order chi connectivity index (χ0) is 18.2. The van der Waals surface area contributed by atoms with Crippen molar-refractivity contribution >= 4 is 10.8 Å². The van der Waals surface area contributed by atoms with E-state index in [-0.39, 0.29) is 0 Å². The lowest BCUT2D eigenvalue weighted by Gasteiger charge is -2.15. The third kappa shape index (κ3) is 4.64. The molecule has 0 spiro atoms. The molecule has 1 N–H and O–H groups in total. The Bertz CT molecular complexity index is 840. The minimum Gasteiger partial charge on any atom is -0.493 e. The molecular formula is C24H29NO. The van der Waals surface area contributed by atoms with Gasteiger partial charge in [0.15, 0.2) is 0 Å². The molecule has 0 aromatic heterocycles. The van der Waals surface area contributed by atoms with Gasteiger partial charge in [0, 0.05) is 12.1 Å². The van der Waals surface area contributed by atoms with Gasteiger partial charge in [0.05, 0.1) is 6.61 Å². The second-order valence-corrected chi connectivity index (χ2v) is 6.82. The summed E-state index contributed by atoms with van der Waals surface area (Å²) in [5.41, 5.74) is 4.05. The Balaban J connectivity index is 1.70. The molecule has 0 saturated heterocycles. The highest BCUT2D eigenvalue weighted by atomic mass is 16.5. The van der Waals surface area contributed by atoms with Gasteiger partial charge in [0.2, 0.25) is 0 Å². The van der Waals surface area contributed by atoms with Crippen LogP contribution in [0.3, 0.4) is 0 Å². The molecule has 0 radical (unpaired) electrons. The van der Waals surface area contributed by atoms with Crippen LogP contribution in [0.15, 0.2) is 60.7 Å². The van der Waals surface area contributed by atoms with Crippen LogP contribution in [0.4, 0.5) is 0 Å². The van der Waals surface area contributed by atoms with E-state index in [2.05, 4.69) is 79.8 Å². The SMILES string of the molecule is CCCCOc1ccc2ccccc2c1CNCCc1ccccc1C. The maximum Gasteiger partial charge on any atom is 0.124 e. The van der Waals surface area contributed by atoms with Crippen molar-refractivity contribution in [2.45, 2.75) is 39.7 Å². The van der Waals surface area contributed by atoms with E-state index in [0.717, 1.165) is 44.7 Å². The Morgan fingerprint density at radius 3 is 2.58 bits per heavy atom. The lowest BCUT2D eigenvalue weighted by atomic mass is 10.0. The zero-order valence-electron chi connectivity index (χ0n) is 15.9. The van der Waals surface area contributed by atoms with E-state index in [4.69, 9.17) is 4.74 Å². The molecule has 0 amide bonds. The monoisotopic (exact) mass is 347 g/mol. The molecule has 3 aromatic carbocycles. The first-order chi connectivity index (χ1) is 12.8. The smallest absolute Gasteiger partial charge is 0.124 e. The van der Waals surface area contributed by atoms with Crippen molar-refractivity contribution in [2.24, 2.45) is 0 Å². The Morgan fingerprint density at radius 2 is 1.73 bits per heavy atom. The quantitative estimate of drug-likeness (QED) is 0.504. The molecule has 0 aliphatic carbocycles. The normalized spacial score (nSPS) is 11.0. The molecule has 0 fully saturated rings. The van der Waals surface area contributed by atoms with E-state index < -0.39 is 0 Å². The van der Waals surface area contributed by atoms with Crippen molar-refractivity contribution in [3.8, 4) is 5.75 Å². The maximum absolute atomic E-state index is 6.08. The fourth-order valence-electron chi connectivity index (χ4n) is 3.29. The molecule has 0 heterocycles. The molecule has 0 aliphatic rings. The average molecular weight is 348 g/mol. The summed E-state index contributed by atoms with van der Waals surface area (Å²) in [7, 11) is 0. The highest BCUT2D eigenvalue weighted by Crippen LogP contribution is 2.28. The van der Waals surface area contributed by atoms with Gasteiger partial charge in [0.25, 0.3) is 0 Å². The average Bonchev–Trinajstić information content (AvgIpc) is 2.67. The van der Waals surface area contributed by atoms with Crippen LogP contribution in [-0.2, 0) is 13.0 Å². The van der Waals surface area contributed by atoms with Gasteiger partial charge in [-0.3, -0.25) is 0 Å². The Hall–Kier alpha value is -2.32. The summed E-state index contributed by atoms with van der Waals surface area (Å²) in [4.78, 5) is 0. The van der Waals surface area contributed by atoms with Crippen LogP contribution in [0.25, 0.3) is 10.8 Å². The molecule has 2 heteroatoms. The molecule has 3 aromatic rings. The Labute approximate surface area is 157 Å². The molecule has 0 aliphatic heterocycles. The number of benzene rings is 3. The highest BCUT2D eigenvalue weighted by molar-refractivity contribution is 5.87. The predicted octanol–water partition coefficient (Wildman–Crippen LogP) is 5.66. The van der Waals surface area contributed by atoms with Crippen LogP contribution in [0.1, 0.15) is 36.5 Å². The highest BCUT2D eigenvalue weighted by Gasteiger charge is 2.09. The van der Waals surface area contributed by atoms with Crippen molar-refractivity contribution in [1.29, 1.82) is 0 Å². The molecule has 0 atom stereocenters. The molecule has 2 nitrogen and oxygen atoms in total. The summed E-state index contributed by atoms with van der Waals surface area (Å²) in [5, 5.41) is 6.17. The maximum atomic E-state index is 6.08. The minimum absolute atomic E-state index is 0.783. The number of hydrogen-bond acceptors (Lipinski definition) is 2. The molecule has 0 bridgehead atoms. The van der Waals surface area contributed by atoms with Gasteiger partial charge in [0.1, 0.15) is 5.75 Å². The van der Waals surface area contributed by atoms with Crippen LogP contribution in [0.2, 0.25) is 0 Å². The van der Waals surface area contributed by atoms with Crippen LogP contribution < -0.4 is 10.1 Å². The van der Waals surface area contributed by atoms with Gasteiger partial charge in [-0.2, -0.15) is 0 Å². The van der Waals surface area contributed by atoms with E-state index in [1.165, 1.54) is 27.5 Å². The molecule has 136 valence electrons. The largest absolute Gasteiger partial charge is 0.493 e. The number of nitrogens with one attached hydrogen (secondary N) is 1. The first kappa shape index (κ1) is 18.5. The second kappa shape index (κ2) is 9.40. The van der Waals surface area contributed by atoms with Crippen molar-refractivity contribution in [3.05, 3.63) is 77.4 Å². The Morgan fingerprint density at radius 1 is 0.923 bits per heavy atom. The predicted molar refractivity (Wildman–Crippen MR) is 111 cm³/mol. The van der Waals surface area contributed by atoms with Crippen LogP contribution in [-0.4, -0.2) is 13.2 Å². The topological polar surface area (TPSA) is 21.3 Å². The number of unbranched alkanes of at least 4 members (excludes halogenated alkanes) is 1. The van der Waals surface area contributed by atoms with Crippen LogP contribution in [0, 0.1) is 6.92 Å². The second-order valence-electron chi connectivity index (χ2n) is 6.82. The van der Waals surface area contributed by atoms with Crippen molar-refractivity contribution in [1.82, 2.24) is 5.32 Å². The van der Waals surface area contributed by atoms with Crippen molar-refractivity contribution < 1.29 is 4.74 Å². The minimum atomic E-state index is 0.783. The van der Waals surface area contributed by atoms with Crippen LogP contribution in [0.5, 0.6) is 5.75 Å². The third-order valence-electron chi connectivity index (χ3n) is 4.89. The van der Waals surface area contributed by atoms with E-state index in [1.807, 2.05) is 0 Å². The molecule has 3 rings (SSSR count). The van der Waals surface area contributed by atoms with E-state index in [0.29, 0.717) is 0 Å². The summed E-state index contributed by atoms with van der Waals surface area (Å²) in [6.07, 6.45) is 3.29. The summed E-state index contributed by atoms with van der Waals surface area (Å²) in [5.74, 6) is 1.01. The number of hydrogen-bond donors (Lipinski definition) is 1. The van der Waals surface area contributed by atoms with Crippen molar-refractivity contribution in [2.75, 3.05) is 13.2 Å². The summed E-state index contributed by atoms with van der Waals surface area (Å²) in [6.45, 7) is 6.94. The van der Waals surface area contributed by atoms with Gasteiger partial charge in [-0.25, -0.2) is 0 Å². The van der Waals surface area contributed by atoms with Gasteiger partial charge in [-0.15, -0.1) is 0 Å².